The van der Waals surface area contributed by atoms with Crippen LogP contribution in [0.25, 0.3) is 16.2 Å². The minimum Gasteiger partial charge on any atom is -0.478 e. The first kappa shape index (κ1) is 18.7. The van der Waals surface area contributed by atoms with Crippen LogP contribution in [0, 0.1) is 0 Å². The summed E-state index contributed by atoms with van der Waals surface area (Å²) in [6, 6.07) is 10.9. The van der Waals surface area contributed by atoms with Crippen molar-refractivity contribution in [2.24, 2.45) is 0 Å². The van der Waals surface area contributed by atoms with Crippen LogP contribution >= 0.6 is 11.3 Å². The van der Waals surface area contributed by atoms with Gasteiger partial charge in [0, 0.05) is 26.9 Å². The molecule has 27 heavy (non-hydrogen) atoms. The van der Waals surface area contributed by atoms with Gasteiger partial charge < -0.3 is 10.4 Å². The van der Waals surface area contributed by atoms with Crippen LogP contribution < -0.4 is 5.32 Å². The summed E-state index contributed by atoms with van der Waals surface area (Å²) in [5.74, 6) is -1.57. The number of carboxylic acids is 1. The standard InChI is InChI=1S/C19H12F3NO3S/c20-19(21,22)13-3-1-11(2-4-13)18(26)23-14-5-7-16-12(9-14)10-15(27-16)6-8-17(24)25/h1-10H,(H,23,26)(H,24,25)/b8-6+. The predicted octanol–water partition coefficient (Wildman–Crippen LogP) is 5.27. The van der Waals surface area contributed by atoms with E-state index in [1.165, 1.54) is 17.4 Å². The van der Waals surface area contributed by atoms with E-state index in [9.17, 15) is 22.8 Å². The van der Waals surface area contributed by atoms with Crippen LogP contribution in [0.4, 0.5) is 18.9 Å². The van der Waals surface area contributed by atoms with E-state index in [4.69, 9.17) is 5.11 Å². The molecule has 1 heterocycles. The first-order valence-electron chi connectivity index (χ1n) is 7.65. The molecule has 0 radical (unpaired) electrons. The van der Waals surface area contributed by atoms with E-state index < -0.39 is 23.6 Å². The molecule has 0 aliphatic heterocycles. The van der Waals surface area contributed by atoms with Crippen molar-refractivity contribution in [3.63, 3.8) is 0 Å². The summed E-state index contributed by atoms with van der Waals surface area (Å²) in [6.45, 7) is 0. The number of carboxylic acid groups (broad SMARTS) is 1. The molecule has 0 saturated heterocycles. The highest BCUT2D eigenvalue weighted by Crippen LogP contribution is 2.30. The molecule has 0 aliphatic carbocycles. The van der Waals surface area contributed by atoms with Gasteiger partial charge in [0.15, 0.2) is 0 Å². The lowest BCUT2D eigenvalue weighted by atomic mass is 10.1. The van der Waals surface area contributed by atoms with Crippen molar-refractivity contribution >= 4 is 45.1 Å². The number of benzene rings is 2. The maximum absolute atomic E-state index is 12.6. The zero-order chi connectivity index (χ0) is 19.6. The Morgan fingerprint density at radius 2 is 1.74 bits per heavy atom. The Bertz CT molecular complexity index is 1040. The average molecular weight is 391 g/mol. The lowest BCUT2D eigenvalue weighted by Gasteiger charge is -2.08. The van der Waals surface area contributed by atoms with Crippen molar-refractivity contribution in [3.05, 3.63) is 70.6 Å². The number of hydrogen-bond donors (Lipinski definition) is 2. The highest BCUT2D eigenvalue weighted by atomic mass is 32.1. The second-order valence-electron chi connectivity index (χ2n) is 5.60. The van der Waals surface area contributed by atoms with Crippen LogP contribution in [0.15, 0.2) is 54.6 Å². The molecular formula is C19H12F3NO3S. The molecule has 3 rings (SSSR count). The first-order chi connectivity index (χ1) is 12.7. The molecule has 0 saturated carbocycles. The number of rotatable bonds is 4. The highest BCUT2D eigenvalue weighted by Gasteiger charge is 2.30. The quantitative estimate of drug-likeness (QED) is 0.596. The minimum atomic E-state index is -4.45. The number of nitrogens with one attached hydrogen (secondary N) is 1. The molecule has 0 atom stereocenters. The summed E-state index contributed by atoms with van der Waals surface area (Å²) in [7, 11) is 0. The third kappa shape index (κ3) is 4.53. The van der Waals surface area contributed by atoms with Gasteiger partial charge >= 0.3 is 12.1 Å². The largest absolute Gasteiger partial charge is 0.478 e. The fourth-order valence-electron chi connectivity index (χ4n) is 2.39. The SMILES string of the molecule is O=C(O)/C=C/c1cc2cc(NC(=O)c3ccc(C(F)(F)F)cc3)ccc2s1. The maximum Gasteiger partial charge on any atom is 0.416 e. The Morgan fingerprint density at radius 3 is 2.37 bits per heavy atom. The monoisotopic (exact) mass is 391 g/mol. The number of halogens is 3. The van der Waals surface area contributed by atoms with Crippen LogP contribution in [0.3, 0.4) is 0 Å². The lowest BCUT2D eigenvalue weighted by molar-refractivity contribution is -0.137. The number of fused-ring (bicyclic) bond motifs is 1. The highest BCUT2D eigenvalue weighted by molar-refractivity contribution is 7.19. The Morgan fingerprint density at radius 1 is 1.04 bits per heavy atom. The van der Waals surface area contributed by atoms with Crippen LogP contribution in [-0.2, 0) is 11.0 Å². The number of carbonyl (C=O) groups excluding carboxylic acids is 1. The Kier molecular flexibility index (Phi) is 5.00. The molecule has 2 aromatic carbocycles. The average Bonchev–Trinajstić information content (AvgIpc) is 3.01. The number of hydrogen-bond acceptors (Lipinski definition) is 3. The Hall–Kier alpha value is -3.13. The fourth-order valence-corrected chi connectivity index (χ4v) is 3.34. The van der Waals surface area contributed by atoms with Crippen molar-refractivity contribution in [2.45, 2.75) is 6.18 Å². The van der Waals surface area contributed by atoms with E-state index in [0.29, 0.717) is 5.69 Å². The second kappa shape index (κ2) is 7.24. The van der Waals surface area contributed by atoms with Crippen molar-refractivity contribution in [1.82, 2.24) is 0 Å². The summed E-state index contributed by atoms with van der Waals surface area (Å²) in [6.07, 6.45) is -1.93. The van der Waals surface area contributed by atoms with Crippen LogP contribution in [0.2, 0.25) is 0 Å². The van der Waals surface area contributed by atoms with Crippen molar-refractivity contribution in [3.8, 4) is 0 Å². The molecule has 1 amide bonds. The molecule has 3 aromatic rings. The van der Waals surface area contributed by atoms with Gasteiger partial charge in [0.2, 0.25) is 0 Å². The van der Waals surface area contributed by atoms with Gasteiger partial charge in [-0.2, -0.15) is 13.2 Å². The van der Waals surface area contributed by atoms with Gasteiger partial charge in [0.05, 0.1) is 5.56 Å². The van der Waals surface area contributed by atoms with Gasteiger partial charge in [-0.1, -0.05) is 0 Å². The van der Waals surface area contributed by atoms with E-state index in [2.05, 4.69) is 5.32 Å². The number of thiophene rings is 1. The van der Waals surface area contributed by atoms with E-state index >= 15 is 0 Å². The van der Waals surface area contributed by atoms with E-state index in [1.807, 2.05) is 0 Å². The minimum absolute atomic E-state index is 0.110. The molecule has 0 aliphatic rings. The van der Waals surface area contributed by atoms with Crippen LogP contribution in [0.1, 0.15) is 20.8 Å². The number of amides is 1. The van der Waals surface area contributed by atoms with E-state index in [0.717, 1.165) is 45.3 Å². The van der Waals surface area contributed by atoms with Crippen LogP contribution in [-0.4, -0.2) is 17.0 Å². The molecule has 1 aromatic heterocycles. The van der Waals surface area contributed by atoms with E-state index in [1.54, 1.807) is 24.3 Å². The van der Waals surface area contributed by atoms with Crippen molar-refractivity contribution in [2.75, 3.05) is 5.32 Å². The summed E-state index contributed by atoms with van der Waals surface area (Å²) in [4.78, 5) is 23.6. The summed E-state index contributed by atoms with van der Waals surface area (Å²) >= 11 is 1.40. The van der Waals surface area contributed by atoms with Crippen molar-refractivity contribution in [1.29, 1.82) is 0 Å². The molecule has 2 N–H and O–H groups in total. The van der Waals surface area contributed by atoms with Gasteiger partial charge in [0.1, 0.15) is 0 Å². The molecule has 0 fully saturated rings. The normalized spacial score (nSPS) is 11.8. The topological polar surface area (TPSA) is 66.4 Å². The molecule has 0 spiro atoms. The number of anilines is 1. The zero-order valence-electron chi connectivity index (χ0n) is 13.6. The van der Waals surface area contributed by atoms with Gasteiger partial charge in [-0.15, -0.1) is 11.3 Å². The molecule has 4 nitrogen and oxygen atoms in total. The molecule has 0 unspecified atom stereocenters. The number of alkyl halides is 3. The molecule has 8 heteroatoms. The summed E-state index contributed by atoms with van der Waals surface area (Å²) in [5, 5.41) is 12.1. The second-order valence-corrected chi connectivity index (χ2v) is 6.72. The smallest absolute Gasteiger partial charge is 0.416 e. The zero-order valence-corrected chi connectivity index (χ0v) is 14.4. The van der Waals surface area contributed by atoms with Crippen LogP contribution in [0.5, 0.6) is 0 Å². The third-order valence-electron chi connectivity index (χ3n) is 3.66. The maximum atomic E-state index is 12.6. The molecule has 138 valence electrons. The Balaban J connectivity index is 1.77. The van der Waals surface area contributed by atoms with Gasteiger partial charge in [-0.05, 0) is 60.0 Å². The summed E-state index contributed by atoms with van der Waals surface area (Å²) in [5.41, 5.74) is -0.224. The fraction of sp³-hybridized carbons (Fsp3) is 0.0526. The van der Waals surface area contributed by atoms with E-state index in [-0.39, 0.29) is 5.56 Å². The third-order valence-corrected chi connectivity index (χ3v) is 4.74. The molecular weight excluding hydrogens is 379 g/mol. The van der Waals surface area contributed by atoms with Gasteiger partial charge in [-0.3, -0.25) is 4.79 Å². The van der Waals surface area contributed by atoms with Gasteiger partial charge in [0.25, 0.3) is 5.91 Å². The lowest BCUT2D eigenvalue weighted by Crippen LogP contribution is -2.12. The molecule has 0 bridgehead atoms. The number of aliphatic carboxylic acids is 1. The first-order valence-corrected chi connectivity index (χ1v) is 8.47. The Labute approximate surface area is 155 Å². The van der Waals surface area contributed by atoms with Crippen molar-refractivity contribution < 1.29 is 27.9 Å². The number of carbonyl (C=O) groups is 2. The van der Waals surface area contributed by atoms with Gasteiger partial charge in [-0.25, -0.2) is 4.79 Å². The summed E-state index contributed by atoms with van der Waals surface area (Å²) < 4.78 is 38.7. The predicted molar refractivity (Wildman–Crippen MR) is 97.9 cm³/mol.